The number of benzene rings is 2. The van der Waals surface area contributed by atoms with Gasteiger partial charge in [0.05, 0.1) is 5.69 Å². The molecule has 3 aromatic rings. The zero-order valence-electron chi connectivity index (χ0n) is 14.7. The van der Waals surface area contributed by atoms with Gasteiger partial charge in [-0.3, -0.25) is 9.59 Å². The second kappa shape index (κ2) is 7.56. The first-order valence-corrected chi connectivity index (χ1v) is 9.83. The fourth-order valence-electron chi connectivity index (χ4n) is 3.61. The van der Waals surface area contributed by atoms with Crippen LogP contribution in [-0.2, 0) is 9.59 Å². The van der Waals surface area contributed by atoms with Gasteiger partial charge >= 0.3 is 11.8 Å². The number of rotatable bonds is 2. The Morgan fingerprint density at radius 2 is 1.89 bits per heavy atom. The van der Waals surface area contributed by atoms with E-state index in [2.05, 4.69) is 44.4 Å². The first-order valence-electron chi connectivity index (χ1n) is 9.04. The van der Waals surface area contributed by atoms with Crippen molar-refractivity contribution in [2.45, 2.75) is 18.8 Å². The third-order valence-corrected chi connectivity index (χ3v) is 5.71. The number of hydrogen-bond acceptors (Lipinski definition) is 2. The highest BCUT2D eigenvalue weighted by Gasteiger charge is 2.29. The lowest BCUT2D eigenvalue weighted by Crippen LogP contribution is -2.44. The Bertz CT molecular complexity index is 965. The Morgan fingerprint density at radius 1 is 1.11 bits per heavy atom. The Kier molecular flexibility index (Phi) is 4.99. The molecule has 1 unspecified atom stereocenters. The number of halogens is 1. The molecule has 0 saturated carbocycles. The van der Waals surface area contributed by atoms with Crippen molar-refractivity contribution in [1.82, 2.24) is 9.88 Å². The van der Waals surface area contributed by atoms with Gasteiger partial charge in [-0.05, 0) is 58.4 Å². The highest BCUT2D eigenvalue weighted by molar-refractivity contribution is 9.10. The van der Waals surface area contributed by atoms with Crippen molar-refractivity contribution in [3.63, 3.8) is 0 Å². The molecule has 4 rings (SSSR count). The lowest BCUT2D eigenvalue weighted by molar-refractivity contribution is -0.144. The van der Waals surface area contributed by atoms with Crippen LogP contribution in [0.25, 0.3) is 10.9 Å². The molecule has 5 nitrogen and oxygen atoms in total. The molecule has 0 spiro atoms. The summed E-state index contributed by atoms with van der Waals surface area (Å²) in [6, 6.07) is 17.6. The second-order valence-electron chi connectivity index (χ2n) is 6.84. The molecule has 2 aromatic carbocycles. The van der Waals surface area contributed by atoms with Gasteiger partial charge in [0, 0.05) is 34.7 Å². The van der Waals surface area contributed by atoms with Gasteiger partial charge in [-0.2, -0.15) is 0 Å². The molecular formula is C21H20BrN3O2. The summed E-state index contributed by atoms with van der Waals surface area (Å²) < 4.78 is 0.751. The lowest BCUT2D eigenvalue weighted by Gasteiger charge is -2.32. The van der Waals surface area contributed by atoms with Gasteiger partial charge in [-0.1, -0.05) is 30.3 Å². The molecule has 1 aliphatic rings. The monoisotopic (exact) mass is 425 g/mol. The lowest BCUT2D eigenvalue weighted by atomic mass is 9.94. The van der Waals surface area contributed by atoms with Crippen molar-refractivity contribution < 1.29 is 9.59 Å². The molecule has 2 amide bonds. The number of aromatic amines is 1. The average molecular weight is 426 g/mol. The molecule has 2 heterocycles. The molecule has 0 radical (unpaired) electrons. The number of likely N-dealkylation sites (tertiary alicyclic amines) is 1. The zero-order valence-corrected chi connectivity index (χ0v) is 16.3. The van der Waals surface area contributed by atoms with Gasteiger partial charge in [0.25, 0.3) is 0 Å². The first-order chi connectivity index (χ1) is 13.1. The predicted molar refractivity (Wildman–Crippen MR) is 110 cm³/mol. The third-order valence-electron chi connectivity index (χ3n) is 5.02. The summed E-state index contributed by atoms with van der Waals surface area (Å²) in [5.41, 5.74) is 2.82. The number of piperidine rings is 1. The number of aromatic nitrogens is 1. The van der Waals surface area contributed by atoms with E-state index in [0.29, 0.717) is 18.8 Å². The average Bonchev–Trinajstić information content (AvgIpc) is 3.13. The van der Waals surface area contributed by atoms with Gasteiger partial charge in [-0.15, -0.1) is 0 Å². The van der Waals surface area contributed by atoms with Crippen molar-refractivity contribution in [1.29, 1.82) is 0 Å². The van der Waals surface area contributed by atoms with Crippen molar-refractivity contribution in [3.05, 3.63) is 64.8 Å². The van der Waals surface area contributed by atoms with Gasteiger partial charge in [0.1, 0.15) is 0 Å². The minimum absolute atomic E-state index is 0.214. The Labute approximate surface area is 165 Å². The molecule has 1 atom stereocenters. The van der Waals surface area contributed by atoms with E-state index >= 15 is 0 Å². The summed E-state index contributed by atoms with van der Waals surface area (Å²) >= 11 is 3.38. The fourth-order valence-corrected chi connectivity index (χ4v) is 4.00. The van der Waals surface area contributed by atoms with Crippen LogP contribution in [-0.4, -0.2) is 34.8 Å². The number of para-hydroxylation sites is 2. The summed E-state index contributed by atoms with van der Waals surface area (Å²) in [6.45, 7) is 1.16. The molecule has 1 fully saturated rings. The SMILES string of the molecule is O=C(Nc1ccccc1Br)C(=O)N1CCCC(c2cc3ccccc3[nH]2)C1. The molecule has 27 heavy (non-hydrogen) atoms. The van der Waals surface area contributed by atoms with Gasteiger partial charge in [0.2, 0.25) is 0 Å². The van der Waals surface area contributed by atoms with Crippen LogP contribution in [0.2, 0.25) is 0 Å². The topological polar surface area (TPSA) is 65.2 Å². The molecule has 1 aromatic heterocycles. The molecule has 6 heteroatoms. The maximum atomic E-state index is 12.7. The van der Waals surface area contributed by atoms with Crippen LogP contribution in [0.3, 0.4) is 0 Å². The maximum absolute atomic E-state index is 12.7. The van der Waals surface area contributed by atoms with Gasteiger partial charge in [0.15, 0.2) is 0 Å². The van der Waals surface area contributed by atoms with E-state index in [9.17, 15) is 9.59 Å². The number of H-pyrrole nitrogens is 1. The zero-order chi connectivity index (χ0) is 18.8. The van der Waals surface area contributed by atoms with Crippen LogP contribution >= 0.6 is 15.9 Å². The summed E-state index contributed by atoms with van der Waals surface area (Å²) in [6.07, 6.45) is 1.89. The number of nitrogens with zero attached hydrogens (tertiary/aromatic N) is 1. The summed E-state index contributed by atoms with van der Waals surface area (Å²) in [5.74, 6) is -0.864. The molecule has 0 aliphatic carbocycles. The minimum Gasteiger partial charge on any atom is -0.358 e. The van der Waals surface area contributed by atoms with E-state index in [-0.39, 0.29) is 5.92 Å². The second-order valence-corrected chi connectivity index (χ2v) is 7.69. The number of anilines is 1. The number of fused-ring (bicyclic) bond motifs is 1. The molecule has 138 valence electrons. The van der Waals surface area contributed by atoms with Gasteiger partial charge < -0.3 is 15.2 Å². The fraction of sp³-hybridized carbons (Fsp3) is 0.238. The van der Waals surface area contributed by atoms with E-state index in [1.165, 1.54) is 5.39 Å². The predicted octanol–water partition coefficient (Wildman–Crippen LogP) is 4.28. The van der Waals surface area contributed by atoms with E-state index in [0.717, 1.165) is 28.5 Å². The Morgan fingerprint density at radius 3 is 2.70 bits per heavy atom. The van der Waals surface area contributed by atoms with Crippen LogP contribution in [0.1, 0.15) is 24.5 Å². The molecule has 1 saturated heterocycles. The van der Waals surface area contributed by atoms with Gasteiger partial charge in [-0.25, -0.2) is 0 Å². The normalized spacial score (nSPS) is 17.1. The Hall–Kier alpha value is -2.60. The maximum Gasteiger partial charge on any atom is 0.313 e. The standard InChI is InChI=1S/C21H20BrN3O2/c22-16-8-2-4-10-18(16)24-20(26)21(27)25-11-5-7-15(13-25)19-12-14-6-1-3-9-17(14)23-19/h1-4,6,8-10,12,15,23H,5,7,11,13H2,(H,24,26). The van der Waals surface area contributed by atoms with Crippen molar-refractivity contribution in [3.8, 4) is 0 Å². The largest absolute Gasteiger partial charge is 0.358 e. The smallest absolute Gasteiger partial charge is 0.313 e. The summed E-state index contributed by atoms with van der Waals surface area (Å²) in [7, 11) is 0. The van der Waals surface area contributed by atoms with Crippen LogP contribution < -0.4 is 5.32 Å². The Balaban J connectivity index is 1.46. The molecule has 0 bridgehead atoms. The number of amides is 2. The van der Waals surface area contributed by atoms with Crippen LogP contribution in [0, 0.1) is 0 Å². The highest BCUT2D eigenvalue weighted by Crippen LogP contribution is 2.29. The van der Waals surface area contributed by atoms with Crippen LogP contribution in [0.15, 0.2) is 59.1 Å². The first kappa shape index (κ1) is 17.8. The molecule has 2 N–H and O–H groups in total. The van der Waals surface area contributed by atoms with E-state index < -0.39 is 11.8 Å². The van der Waals surface area contributed by atoms with Crippen molar-refractivity contribution in [2.75, 3.05) is 18.4 Å². The van der Waals surface area contributed by atoms with E-state index in [1.807, 2.05) is 30.3 Å². The van der Waals surface area contributed by atoms with E-state index in [1.54, 1.807) is 11.0 Å². The summed E-state index contributed by atoms with van der Waals surface area (Å²) in [5, 5.41) is 3.87. The van der Waals surface area contributed by atoms with E-state index in [4.69, 9.17) is 0 Å². The molecular weight excluding hydrogens is 406 g/mol. The number of nitrogens with one attached hydrogen (secondary N) is 2. The number of carbonyl (C=O) groups is 2. The third kappa shape index (κ3) is 3.76. The highest BCUT2D eigenvalue weighted by atomic mass is 79.9. The van der Waals surface area contributed by atoms with Crippen LogP contribution in [0.4, 0.5) is 5.69 Å². The molecule has 1 aliphatic heterocycles. The van der Waals surface area contributed by atoms with Crippen molar-refractivity contribution in [2.24, 2.45) is 0 Å². The number of carbonyl (C=O) groups excluding carboxylic acids is 2. The minimum atomic E-state index is -0.598. The summed E-state index contributed by atoms with van der Waals surface area (Å²) in [4.78, 5) is 30.2. The van der Waals surface area contributed by atoms with Crippen molar-refractivity contribution >= 4 is 44.3 Å². The number of hydrogen-bond donors (Lipinski definition) is 2. The quantitative estimate of drug-likeness (QED) is 0.601. The van der Waals surface area contributed by atoms with Crippen LogP contribution in [0.5, 0.6) is 0 Å².